The molecule has 2 aromatic rings. The summed E-state index contributed by atoms with van der Waals surface area (Å²) in [4.78, 5) is 30.2. The molecule has 1 aromatic heterocycles. The van der Waals surface area contributed by atoms with Crippen LogP contribution in [0, 0.1) is 24.2 Å². The molecule has 0 amide bonds. The lowest BCUT2D eigenvalue weighted by Gasteiger charge is -2.34. The third kappa shape index (κ3) is 6.34. The number of oxazole rings is 1. The van der Waals surface area contributed by atoms with E-state index in [-0.39, 0.29) is 19.6 Å². The number of aliphatic hydroxyl groups is 2. The molecule has 1 aromatic carbocycles. The maximum atomic E-state index is 14.5. The van der Waals surface area contributed by atoms with E-state index in [2.05, 4.69) is 4.98 Å². The largest absolute Gasteiger partial charge is 0.457 e. The number of nitrogens with zero attached hydrogens (tertiary/aromatic N) is 1. The molecular weight excluding hydrogens is 457 g/mol. The summed E-state index contributed by atoms with van der Waals surface area (Å²) in [5.74, 6) is -2.47. The monoisotopic (exact) mass is 491 g/mol. The Labute approximate surface area is 204 Å². The number of aliphatic hydroxyl groups excluding tert-OH is 2. The minimum absolute atomic E-state index is 0.0247. The molecule has 2 heterocycles. The number of fused-ring (bicyclic) bond motifs is 1. The van der Waals surface area contributed by atoms with Crippen LogP contribution in [0.3, 0.4) is 0 Å². The number of Topliss-reactive ketones (excluding diaryl/α,β-unsaturated/α-hetero) is 1. The van der Waals surface area contributed by atoms with Gasteiger partial charge in [-0.15, -0.1) is 0 Å². The molecule has 3 rings (SSSR count). The zero-order valence-electron chi connectivity index (χ0n) is 20.8. The number of aromatic nitrogens is 1. The van der Waals surface area contributed by atoms with E-state index >= 15 is 0 Å². The molecule has 1 aliphatic rings. The van der Waals surface area contributed by atoms with Crippen LogP contribution in [0.15, 0.2) is 34.5 Å². The van der Waals surface area contributed by atoms with Gasteiger partial charge in [0.1, 0.15) is 23.2 Å². The van der Waals surface area contributed by atoms with Crippen LogP contribution in [-0.2, 0) is 19.1 Å². The number of cyclic esters (lactones) is 1. The predicted molar refractivity (Wildman–Crippen MR) is 126 cm³/mol. The summed E-state index contributed by atoms with van der Waals surface area (Å²) in [6.45, 7) is 7.80. The summed E-state index contributed by atoms with van der Waals surface area (Å²) in [6.07, 6.45) is -2.38. The average molecular weight is 492 g/mol. The molecule has 1 aliphatic heterocycles. The predicted octanol–water partition coefficient (Wildman–Crippen LogP) is 3.97. The van der Waals surface area contributed by atoms with Crippen molar-refractivity contribution in [3.8, 4) is 0 Å². The Kier molecular flexibility index (Phi) is 8.46. The summed E-state index contributed by atoms with van der Waals surface area (Å²) in [6, 6.07) is 5.12. The highest BCUT2D eigenvalue weighted by Gasteiger charge is 2.42. The Hall–Kier alpha value is -2.62. The van der Waals surface area contributed by atoms with Gasteiger partial charge in [-0.2, -0.15) is 0 Å². The van der Waals surface area contributed by atoms with Crippen molar-refractivity contribution < 1.29 is 38.1 Å². The van der Waals surface area contributed by atoms with Gasteiger partial charge in [-0.25, -0.2) is 9.37 Å². The second kappa shape index (κ2) is 11.0. The number of carbonyl (C=O) groups excluding carboxylic acids is 2. The molecule has 5 atom stereocenters. The molecule has 9 heteroatoms. The minimum Gasteiger partial charge on any atom is -0.457 e. The van der Waals surface area contributed by atoms with Gasteiger partial charge in [0, 0.05) is 25.2 Å². The molecule has 8 nitrogen and oxygen atoms in total. The van der Waals surface area contributed by atoms with Crippen LogP contribution in [0.4, 0.5) is 4.39 Å². The van der Waals surface area contributed by atoms with E-state index in [9.17, 15) is 24.2 Å². The number of ether oxygens (including phenoxy) is 2. The van der Waals surface area contributed by atoms with Gasteiger partial charge < -0.3 is 24.1 Å². The van der Waals surface area contributed by atoms with Gasteiger partial charge in [-0.1, -0.05) is 33.8 Å². The topological polar surface area (TPSA) is 119 Å². The number of hydrogen-bond acceptors (Lipinski definition) is 8. The maximum absolute atomic E-state index is 14.5. The SMILES string of the molecule is Cc1nc2cc([C@@H]3C/C=C(/F)COC[C@H](C)[C@H](O)[C@@H](C)C(=O)C(C)(C)[C@H](O)CC(=O)O3)ccc2o1. The first-order valence-corrected chi connectivity index (χ1v) is 11.8. The number of aryl methyl sites for hydroxylation is 1. The van der Waals surface area contributed by atoms with Gasteiger partial charge in [-0.3, -0.25) is 9.59 Å². The molecule has 0 unspecified atom stereocenters. The number of rotatable bonds is 1. The molecule has 0 saturated heterocycles. The van der Waals surface area contributed by atoms with Gasteiger partial charge in [-0.05, 0) is 23.8 Å². The van der Waals surface area contributed by atoms with Gasteiger partial charge in [0.2, 0.25) is 0 Å². The number of hydrogen-bond donors (Lipinski definition) is 2. The van der Waals surface area contributed by atoms with Crippen LogP contribution in [0.5, 0.6) is 0 Å². The van der Waals surface area contributed by atoms with E-state index in [0.29, 0.717) is 22.6 Å². The van der Waals surface area contributed by atoms with Crippen LogP contribution >= 0.6 is 0 Å². The normalized spacial score (nSPS) is 31.1. The van der Waals surface area contributed by atoms with Gasteiger partial charge in [0.25, 0.3) is 0 Å². The van der Waals surface area contributed by atoms with Gasteiger partial charge in [0.05, 0.1) is 37.3 Å². The van der Waals surface area contributed by atoms with Crippen molar-refractivity contribution in [2.45, 2.75) is 65.8 Å². The van der Waals surface area contributed by atoms with Gasteiger partial charge >= 0.3 is 5.97 Å². The van der Waals surface area contributed by atoms with E-state index in [1.807, 2.05) is 0 Å². The van der Waals surface area contributed by atoms with Crippen LogP contribution in [0.1, 0.15) is 58.1 Å². The number of ketones is 1. The minimum atomic E-state index is -1.34. The second-order valence-corrected chi connectivity index (χ2v) is 9.90. The van der Waals surface area contributed by atoms with Crippen LogP contribution in [0.2, 0.25) is 0 Å². The first-order valence-electron chi connectivity index (χ1n) is 11.8. The standard InChI is InChI=1S/C26H34FNO7/c1-14-12-33-13-18(27)7-9-20(17-6-8-21-19(10-17)28-16(3)34-21)35-23(30)11-22(29)26(4,5)25(32)15(2)24(14)31/h6-8,10,14-15,20,22,24,29,31H,9,11-13H2,1-5H3/b18-7+/t14-,15+,20-,22+,24-/m0/s1. The highest BCUT2D eigenvalue weighted by molar-refractivity contribution is 5.88. The Morgan fingerprint density at radius 3 is 2.60 bits per heavy atom. The quantitative estimate of drug-likeness (QED) is 0.575. The number of benzene rings is 1. The summed E-state index contributed by atoms with van der Waals surface area (Å²) >= 11 is 0. The fraction of sp³-hybridized carbons (Fsp3) is 0.577. The molecule has 35 heavy (non-hydrogen) atoms. The summed E-state index contributed by atoms with van der Waals surface area (Å²) in [5, 5.41) is 21.4. The number of carbonyl (C=O) groups is 2. The van der Waals surface area contributed by atoms with Crippen molar-refractivity contribution in [1.82, 2.24) is 4.98 Å². The third-order valence-corrected chi connectivity index (χ3v) is 6.68. The molecule has 0 spiro atoms. The molecular formula is C26H34FNO7. The lowest BCUT2D eigenvalue weighted by atomic mass is 9.73. The first kappa shape index (κ1) is 27.0. The molecule has 0 fully saturated rings. The van der Waals surface area contributed by atoms with Crippen LogP contribution in [0.25, 0.3) is 11.1 Å². The van der Waals surface area contributed by atoms with Crippen molar-refractivity contribution in [3.05, 3.63) is 41.6 Å². The van der Waals surface area contributed by atoms with Crippen LogP contribution in [-0.4, -0.2) is 52.4 Å². The molecule has 0 saturated carbocycles. The summed E-state index contributed by atoms with van der Waals surface area (Å²) in [7, 11) is 0. The fourth-order valence-corrected chi connectivity index (χ4v) is 4.27. The summed E-state index contributed by atoms with van der Waals surface area (Å²) in [5.41, 5.74) is 0.419. The lowest BCUT2D eigenvalue weighted by molar-refractivity contribution is -0.156. The molecule has 0 aliphatic carbocycles. The highest BCUT2D eigenvalue weighted by atomic mass is 19.1. The lowest BCUT2D eigenvalue weighted by Crippen LogP contribution is -2.46. The van der Waals surface area contributed by atoms with E-state index in [4.69, 9.17) is 13.9 Å². The van der Waals surface area contributed by atoms with E-state index in [1.54, 1.807) is 39.0 Å². The van der Waals surface area contributed by atoms with E-state index in [1.165, 1.54) is 19.9 Å². The zero-order valence-corrected chi connectivity index (χ0v) is 20.8. The second-order valence-electron chi connectivity index (χ2n) is 9.90. The average Bonchev–Trinajstić information content (AvgIpc) is 3.18. The Morgan fingerprint density at radius 1 is 1.17 bits per heavy atom. The Morgan fingerprint density at radius 2 is 1.89 bits per heavy atom. The zero-order chi connectivity index (χ0) is 25.9. The van der Waals surface area contributed by atoms with Crippen molar-refractivity contribution in [1.29, 1.82) is 0 Å². The van der Waals surface area contributed by atoms with Crippen molar-refractivity contribution in [2.24, 2.45) is 17.3 Å². The van der Waals surface area contributed by atoms with Crippen molar-refractivity contribution in [3.63, 3.8) is 0 Å². The Bertz CT molecular complexity index is 1090. The number of halogens is 1. The summed E-state index contributed by atoms with van der Waals surface area (Å²) < 4.78 is 31.0. The molecule has 0 radical (unpaired) electrons. The van der Waals surface area contributed by atoms with E-state index < -0.39 is 59.6 Å². The first-order chi connectivity index (χ1) is 16.4. The van der Waals surface area contributed by atoms with E-state index in [0.717, 1.165) is 0 Å². The molecule has 2 N–H and O–H groups in total. The third-order valence-electron chi connectivity index (χ3n) is 6.68. The number of esters is 1. The Balaban J connectivity index is 1.91. The van der Waals surface area contributed by atoms with Crippen molar-refractivity contribution >= 4 is 22.9 Å². The molecule has 0 bridgehead atoms. The smallest absolute Gasteiger partial charge is 0.309 e. The highest BCUT2D eigenvalue weighted by Crippen LogP contribution is 2.33. The van der Waals surface area contributed by atoms with Gasteiger partial charge in [0.15, 0.2) is 11.5 Å². The van der Waals surface area contributed by atoms with Crippen molar-refractivity contribution in [2.75, 3.05) is 13.2 Å². The maximum Gasteiger partial charge on any atom is 0.309 e. The molecule has 192 valence electrons. The van der Waals surface area contributed by atoms with Crippen LogP contribution < -0.4 is 0 Å². The fourth-order valence-electron chi connectivity index (χ4n) is 4.27.